The smallest absolute Gasteiger partial charge is 0.341 e. The van der Waals surface area contributed by atoms with E-state index < -0.39 is 12.6 Å². The van der Waals surface area contributed by atoms with Gasteiger partial charge in [0.2, 0.25) is 0 Å². The number of nitrogens with zero attached hydrogens (tertiary/aromatic N) is 2. The van der Waals surface area contributed by atoms with Gasteiger partial charge < -0.3 is 19.0 Å². The van der Waals surface area contributed by atoms with Crippen LogP contribution in [0.5, 0.6) is 11.5 Å². The van der Waals surface area contributed by atoms with Crippen LogP contribution in [0.3, 0.4) is 0 Å². The number of benzene rings is 3. The molecule has 0 atom stereocenters. The highest BCUT2D eigenvalue weighted by molar-refractivity contribution is 6.07. The molecule has 2 heterocycles. The van der Waals surface area contributed by atoms with E-state index >= 15 is 0 Å². The Morgan fingerprint density at radius 3 is 2.54 bits per heavy atom. The van der Waals surface area contributed by atoms with Crippen LogP contribution in [0.1, 0.15) is 15.9 Å². The monoisotopic (exact) mass is 494 g/mol. The van der Waals surface area contributed by atoms with Crippen LogP contribution in [0.2, 0.25) is 0 Å². The second-order valence-corrected chi connectivity index (χ2v) is 8.11. The quantitative estimate of drug-likeness (QED) is 0.208. The normalized spacial score (nSPS) is 11.2. The number of para-hydroxylation sites is 2. The van der Waals surface area contributed by atoms with Crippen LogP contribution in [-0.2, 0) is 4.79 Å². The van der Waals surface area contributed by atoms with Gasteiger partial charge in [-0.1, -0.05) is 36.4 Å². The molecule has 184 valence electrons. The summed E-state index contributed by atoms with van der Waals surface area (Å²) in [4.78, 5) is 23.8. The second-order valence-electron chi connectivity index (χ2n) is 8.11. The Morgan fingerprint density at radius 1 is 1.00 bits per heavy atom. The van der Waals surface area contributed by atoms with E-state index in [2.05, 4.69) is 0 Å². The van der Waals surface area contributed by atoms with E-state index in [4.69, 9.17) is 24.1 Å². The maximum absolute atomic E-state index is 13.0. The van der Waals surface area contributed by atoms with E-state index in [9.17, 15) is 9.59 Å². The lowest BCUT2D eigenvalue weighted by atomic mass is 10.1. The maximum Gasteiger partial charge on any atom is 0.341 e. The molecular weight excluding hydrogens is 472 g/mol. The fourth-order valence-corrected chi connectivity index (χ4v) is 3.85. The zero-order valence-corrected chi connectivity index (χ0v) is 19.8. The summed E-state index contributed by atoms with van der Waals surface area (Å²) >= 11 is 0. The number of carbonyl (C=O) groups is 2. The number of hydrogen-bond donors (Lipinski definition) is 1. The summed E-state index contributed by atoms with van der Waals surface area (Å²) in [6.07, 6.45) is 4.98. The van der Waals surface area contributed by atoms with Gasteiger partial charge >= 0.3 is 5.97 Å². The number of methoxy groups -OCH3 is 1. The van der Waals surface area contributed by atoms with E-state index in [1.54, 1.807) is 16.8 Å². The van der Waals surface area contributed by atoms with Crippen molar-refractivity contribution in [1.29, 1.82) is 0 Å². The zero-order chi connectivity index (χ0) is 25.8. The largest absolute Gasteiger partial charge is 0.493 e. The van der Waals surface area contributed by atoms with Crippen LogP contribution in [-0.4, -0.2) is 40.4 Å². The van der Waals surface area contributed by atoms with Crippen LogP contribution in [0, 0.1) is 0 Å². The molecule has 0 fully saturated rings. The Hall–Kier alpha value is -5.11. The molecule has 3 aromatic carbocycles. The van der Waals surface area contributed by atoms with Crippen LogP contribution in [0.25, 0.3) is 34.2 Å². The number of aromatic nitrogens is 2. The number of carboxylic acid groups (broad SMARTS) is 1. The van der Waals surface area contributed by atoms with Crippen molar-refractivity contribution < 1.29 is 28.6 Å². The van der Waals surface area contributed by atoms with Crippen LogP contribution in [0.15, 0.2) is 95.6 Å². The Bertz CT molecular complexity index is 1580. The first-order valence-corrected chi connectivity index (χ1v) is 11.4. The fraction of sp³-hybridized carbons (Fsp3) is 0.0690. The summed E-state index contributed by atoms with van der Waals surface area (Å²) in [5.74, 6) is -0.292. The van der Waals surface area contributed by atoms with Crippen LogP contribution >= 0.6 is 0 Å². The molecular formula is C29H22N2O6. The van der Waals surface area contributed by atoms with Gasteiger partial charge in [0.05, 0.1) is 12.8 Å². The number of furan rings is 1. The van der Waals surface area contributed by atoms with Crippen LogP contribution in [0.4, 0.5) is 0 Å². The highest BCUT2D eigenvalue weighted by atomic mass is 16.5. The molecule has 0 aliphatic carbocycles. The molecule has 0 saturated heterocycles. The number of ketones is 1. The van der Waals surface area contributed by atoms with Crippen LogP contribution < -0.4 is 9.47 Å². The molecule has 0 spiro atoms. The number of fused-ring (bicyclic) bond motifs is 1. The third kappa shape index (κ3) is 5.13. The lowest BCUT2D eigenvalue weighted by Gasteiger charge is -2.09. The molecule has 37 heavy (non-hydrogen) atoms. The Morgan fingerprint density at radius 2 is 1.78 bits per heavy atom. The van der Waals surface area contributed by atoms with Crippen molar-refractivity contribution in [3.8, 4) is 28.6 Å². The van der Waals surface area contributed by atoms with Crippen molar-refractivity contribution in [3.63, 3.8) is 0 Å². The average molecular weight is 495 g/mol. The lowest BCUT2D eigenvalue weighted by Crippen LogP contribution is -2.10. The predicted octanol–water partition coefficient (Wildman–Crippen LogP) is 5.65. The first-order chi connectivity index (χ1) is 18.0. The molecule has 0 amide bonds. The minimum atomic E-state index is -1.11. The average Bonchev–Trinajstić information content (AvgIpc) is 3.55. The van der Waals surface area contributed by atoms with Crippen molar-refractivity contribution >= 4 is 28.8 Å². The molecule has 1 N–H and O–H groups in total. The van der Waals surface area contributed by atoms with Crippen molar-refractivity contribution in [2.24, 2.45) is 0 Å². The van der Waals surface area contributed by atoms with E-state index in [0.29, 0.717) is 22.6 Å². The van der Waals surface area contributed by atoms with Crippen molar-refractivity contribution in [2.45, 2.75) is 0 Å². The number of carbonyl (C=O) groups excluding carboxylic acids is 1. The zero-order valence-electron chi connectivity index (χ0n) is 19.8. The van der Waals surface area contributed by atoms with E-state index in [1.807, 2.05) is 66.9 Å². The molecule has 0 saturated carbocycles. The van der Waals surface area contributed by atoms with Crippen molar-refractivity contribution in [3.05, 3.63) is 102 Å². The topological polar surface area (TPSA) is 104 Å². The molecule has 5 aromatic rings. The fourth-order valence-electron chi connectivity index (χ4n) is 3.85. The van der Waals surface area contributed by atoms with E-state index in [-0.39, 0.29) is 17.3 Å². The van der Waals surface area contributed by atoms with Gasteiger partial charge in [-0.3, -0.25) is 4.79 Å². The summed E-state index contributed by atoms with van der Waals surface area (Å²) in [6, 6.07) is 23.9. The number of aliphatic carboxylic acids is 1. The lowest BCUT2D eigenvalue weighted by molar-refractivity contribution is -0.139. The highest BCUT2D eigenvalue weighted by Gasteiger charge is 2.16. The highest BCUT2D eigenvalue weighted by Crippen LogP contribution is 2.31. The molecule has 0 unspecified atom stereocenters. The van der Waals surface area contributed by atoms with Gasteiger partial charge in [0, 0.05) is 22.7 Å². The Balaban J connectivity index is 1.48. The summed E-state index contributed by atoms with van der Waals surface area (Å²) in [5.41, 5.74) is 3.27. The molecule has 8 heteroatoms. The minimum Gasteiger partial charge on any atom is -0.493 e. The number of allylic oxidation sites excluding steroid dienone is 1. The van der Waals surface area contributed by atoms with Gasteiger partial charge in [-0.15, -0.1) is 0 Å². The van der Waals surface area contributed by atoms with Gasteiger partial charge in [-0.05, 0) is 54.6 Å². The van der Waals surface area contributed by atoms with Gasteiger partial charge in [-0.25, -0.2) is 9.48 Å². The molecule has 0 bridgehead atoms. The van der Waals surface area contributed by atoms with E-state index in [1.165, 1.54) is 25.3 Å². The van der Waals surface area contributed by atoms with Gasteiger partial charge in [0.1, 0.15) is 11.3 Å². The SMILES string of the molecule is COc1cc(C(=O)C=Cc2cn(-c3ccccc3)nc2-c2cc3ccccc3o2)ccc1OCC(=O)O. The van der Waals surface area contributed by atoms with Gasteiger partial charge in [-0.2, -0.15) is 5.10 Å². The third-order valence-corrected chi connectivity index (χ3v) is 5.64. The van der Waals surface area contributed by atoms with Gasteiger partial charge in [0.15, 0.2) is 29.6 Å². The minimum absolute atomic E-state index is 0.238. The summed E-state index contributed by atoms with van der Waals surface area (Å²) in [5, 5.41) is 14.5. The number of carboxylic acids is 1. The summed E-state index contributed by atoms with van der Waals surface area (Å²) in [7, 11) is 1.42. The predicted molar refractivity (Wildman–Crippen MR) is 138 cm³/mol. The summed E-state index contributed by atoms with van der Waals surface area (Å²) < 4.78 is 18.3. The Kier molecular flexibility index (Phi) is 6.54. The number of hydrogen-bond acceptors (Lipinski definition) is 6. The second kappa shape index (κ2) is 10.2. The molecule has 5 rings (SSSR count). The third-order valence-electron chi connectivity index (χ3n) is 5.64. The molecule has 8 nitrogen and oxygen atoms in total. The van der Waals surface area contributed by atoms with Crippen molar-refractivity contribution in [1.82, 2.24) is 9.78 Å². The molecule has 0 radical (unpaired) electrons. The van der Waals surface area contributed by atoms with Crippen molar-refractivity contribution in [2.75, 3.05) is 13.7 Å². The first-order valence-electron chi connectivity index (χ1n) is 11.4. The maximum atomic E-state index is 13.0. The molecule has 2 aromatic heterocycles. The number of ether oxygens (including phenoxy) is 2. The number of rotatable bonds is 9. The van der Waals surface area contributed by atoms with Gasteiger partial charge in [0.25, 0.3) is 0 Å². The van der Waals surface area contributed by atoms with E-state index in [0.717, 1.165) is 16.7 Å². The Labute approximate surface area is 212 Å². The first kappa shape index (κ1) is 23.6. The standard InChI is InChI=1S/C29H22N2O6/c1-35-26-15-19(12-14-25(26)36-18-28(33)34)23(32)13-11-21-17-31(22-8-3-2-4-9-22)30-29(21)27-16-20-7-5-6-10-24(20)37-27/h2-17H,18H2,1H3,(H,33,34). The molecule has 0 aliphatic rings. The molecule has 0 aliphatic heterocycles. The summed E-state index contributed by atoms with van der Waals surface area (Å²) in [6.45, 7) is -0.514.